The number of hydrogen-bond donors (Lipinski definition) is 0. The van der Waals surface area contributed by atoms with Gasteiger partial charge in [0.05, 0.1) is 20.1 Å². The average molecular weight is 435 g/mol. The lowest BCUT2D eigenvalue weighted by molar-refractivity contribution is -0.907. The molecule has 1 aliphatic heterocycles. The van der Waals surface area contributed by atoms with Gasteiger partial charge in [-0.3, -0.25) is 4.79 Å². The maximum absolute atomic E-state index is 11.8. The highest BCUT2D eigenvalue weighted by molar-refractivity contribution is 5.69. The molecule has 1 heterocycles. The molecule has 3 nitrogen and oxygen atoms in total. The zero-order valence-electron chi connectivity index (χ0n) is 21.0. The highest BCUT2D eigenvalue weighted by atomic mass is 16.5. The molecular weight excluding hydrogens is 382 g/mol. The number of rotatable bonds is 18. The summed E-state index contributed by atoms with van der Waals surface area (Å²) in [7, 11) is 2.29. The number of carbonyl (C=O) groups excluding carboxylic acids is 1. The van der Waals surface area contributed by atoms with E-state index in [2.05, 4.69) is 25.8 Å². The number of carbonyl (C=O) groups is 1. The maximum atomic E-state index is 11.8. The largest absolute Gasteiger partial charge is 0.452 e. The van der Waals surface area contributed by atoms with Crippen molar-refractivity contribution >= 4 is 5.97 Å². The molecule has 1 fully saturated rings. The first-order chi connectivity index (χ1) is 15.2. The Balaban J connectivity index is 1.81. The topological polar surface area (TPSA) is 26.3 Å². The van der Waals surface area contributed by atoms with E-state index in [0.29, 0.717) is 6.42 Å². The van der Waals surface area contributed by atoms with E-state index in [1.54, 1.807) is 0 Å². The van der Waals surface area contributed by atoms with Gasteiger partial charge in [0.1, 0.15) is 6.54 Å². The molecular formula is C28H52NO2+. The van der Waals surface area contributed by atoms with Crippen LogP contribution < -0.4 is 0 Å². The lowest BCUT2D eigenvalue weighted by atomic mass is 10.0. The molecule has 0 spiro atoms. The van der Waals surface area contributed by atoms with Crippen LogP contribution in [0.4, 0.5) is 0 Å². The van der Waals surface area contributed by atoms with Crippen LogP contribution in [0.15, 0.2) is 0 Å². The van der Waals surface area contributed by atoms with Crippen molar-refractivity contribution < 1.29 is 14.0 Å². The molecule has 0 saturated carbocycles. The zero-order valence-corrected chi connectivity index (χ0v) is 21.0. The summed E-state index contributed by atoms with van der Waals surface area (Å²) < 4.78 is 6.32. The molecule has 0 unspecified atom stereocenters. The molecule has 3 heteroatoms. The first kappa shape index (κ1) is 28.0. The molecule has 0 aromatic heterocycles. The van der Waals surface area contributed by atoms with Gasteiger partial charge in [-0.05, 0) is 31.6 Å². The molecule has 180 valence electrons. The summed E-state index contributed by atoms with van der Waals surface area (Å²) in [6, 6.07) is 0. The maximum Gasteiger partial charge on any atom is 0.306 e. The van der Waals surface area contributed by atoms with Crippen LogP contribution in [0, 0.1) is 11.8 Å². The summed E-state index contributed by atoms with van der Waals surface area (Å²) in [4.78, 5) is 11.8. The minimum atomic E-state index is -0.0811. The van der Waals surface area contributed by atoms with Crippen molar-refractivity contribution in [3.8, 4) is 11.8 Å². The second kappa shape index (κ2) is 19.7. The Morgan fingerprint density at radius 1 is 0.710 bits per heavy atom. The van der Waals surface area contributed by atoms with E-state index >= 15 is 0 Å². The number of quaternary nitrogens is 1. The van der Waals surface area contributed by atoms with Gasteiger partial charge in [-0.25, -0.2) is 0 Å². The van der Waals surface area contributed by atoms with Crippen molar-refractivity contribution in [2.24, 2.45) is 0 Å². The van der Waals surface area contributed by atoms with Crippen molar-refractivity contribution in [1.82, 2.24) is 0 Å². The van der Waals surface area contributed by atoms with E-state index in [1.165, 1.54) is 116 Å². The van der Waals surface area contributed by atoms with E-state index in [-0.39, 0.29) is 12.6 Å². The second-order valence-corrected chi connectivity index (χ2v) is 10.00. The van der Waals surface area contributed by atoms with Gasteiger partial charge in [0.25, 0.3) is 0 Å². The molecule has 0 amide bonds. The van der Waals surface area contributed by atoms with Gasteiger partial charge in [0.2, 0.25) is 0 Å². The molecule has 1 aliphatic rings. The Hall–Kier alpha value is -1.01. The molecule has 31 heavy (non-hydrogen) atoms. The second-order valence-electron chi connectivity index (χ2n) is 10.00. The quantitative estimate of drug-likeness (QED) is 0.0970. The normalized spacial score (nSPS) is 15.3. The number of likely N-dealkylation sites (tertiary alicyclic amines) is 1. The number of nitrogens with zero attached hydrogens (tertiary/aromatic N) is 1. The summed E-state index contributed by atoms with van der Waals surface area (Å²) in [6.45, 7) is 5.89. The molecule has 0 bridgehead atoms. The van der Waals surface area contributed by atoms with Crippen molar-refractivity contribution in [2.75, 3.05) is 33.3 Å². The molecule has 0 aromatic rings. The van der Waals surface area contributed by atoms with Crippen molar-refractivity contribution in [3.05, 3.63) is 0 Å². The highest BCUT2D eigenvalue weighted by Crippen LogP contribution is 2.15. The third-order valence-corrected chi connectivity index (χ3v) is 6.77. The Kier molecular flexibility index (Phi) is 17.8. The zero-order chi connectivity index (χ0) is 22.5. The number of unbranched alkanes of at least 4 members (excludes halogenated alkanes) is 14. The number of esters is 1. The molecule has 0 aliphatic carbocycles. The standard InChI is InChI=1S/C28H52NO2/c1-3-4-5-6-7-8-9-10-11-12-13-14-15-16-18-23-28(30)31-27-22-21-26-29(2)24-19-17-20-25-29/h3-20,23-27H2,1-2H3/q+1. The Labute approximate surface area is 194 Å². The fourth-order valence-corrected chi connectivity index (χ4v) is 4.56. The summed E-state index contributed by atoms with van der Waals surface area (Å²) in [5.41, 5.74) is 0. The van der Waals surface area contributed by atoms with E-state index in [0.717, 1.165) is 23.9 Å². The van der Waals surface area contributed by atoms with Crippen molar-refractivity contribution in [3.63, 3.8) is 0 Å². The number of ether oxygens (including phenoxy) is 1. The van der Waals surface area contributed by atoms with Gasteiger partial charge in [0, 0.05) is 6.42 Å². The number of hydrogen-bond acceptors (Lipinski definition) is 2. The third-order valence-electron chi connectivity index (χ3n) is 6.77. The molecule has 0 N–H and O–H groups in total. The summed E-state index contributed by atoms with van der Waals surface area (Å²) >= 11 is 0. The smallest absolute Gasteiger partial charge is 0.306 e. The van der Waals surface area contributed by atoms with Crippen LogP contribution in [0.3, 0.4) is 0 Å². The number of piperidine rings is 1. The van der Waals surface area contributed by atoms with Crippen LogP contribution in [0.1, 0.15) is 129 Å². The van der Waals surface area contributed by atoms with Crippen LogP contribution in [-0.2, 0) is 9.53 Å². The Bertz CT molecular complexity index is 485. The first-order valence-electron chi connectivity index (χ1n) is 13.6. The minimum absolute atomic E-state index is 0.0811. The average Bonchev–Trinajstić information content (AvgIpc) is 2.76. The third kappa shape index (κ3) is 17.2. The fraction of sp³-hybridized carbons (Fsp3) is 0.893. The van der Waals surface area contributed by atoms with Crippen LogP contribution in [-0.4, -0.2) is 43.7 Å². The predicted molar refractivity (Wildman–Crippen MR) is 133 cm³/mol. The summed E-state index contributed by atoms with van der Waals surface area (Å²) in [5, 5.41) is 0. The van der Waals surface area contributed by atoms with E-state index in [1.807, 2.05) is 0 Å². The van der Waals surface area contributed by atoms with Crippen LogP contribution >= 0.6 is 0 Å². The van der Waals surface area contributed by atoms with E-state index < -0.39 is 0 Å². The van der Waals surface area contributed by atoms with E-state index in [4.69, 9.17) is 4.74 Å². The molecule has 0 atom stereocenters. The van der Waals surface area contributed by atoms with Crippen molar-refractivity contribution in [2.45, 2.75) is 129 Å². The van der Waals surface area contributed by atoms with Crippen LogP contribution in [0.2, 0.25) is 0 Å². The van der Waals surface area contributed by atoms with Crippen LogP contribution in [0.5, 0.6) is 0 Å². The van der Waals surface area contributed by atoms with Gasteiger partial charge < -0.3 is 9.22 Å². The molecule has 0 radical (unpaired) electrons. The van der Waals surface area contributed by atoms with Crippen molar-refractivity contribution in [1.29, 1.82) is 0 Å². The van der Waals surface area contributed by atoms with Gasteiger partial charge in [-0.2, -0.15) is 0 Å². The molecule has 1 rings (SSSR count). The minimum Gasteiger partial charge on any atom is -0.452 e. The fourth-order valence-electron chi connectivity index (χ4n) is 4.56. The Morgan fingerprint density at radius 2 is 1.19 bits per heavy atom. The first-order valence-corrected chi connectivity index (χ1v) is 13.6. The SMILES string of the molecule is CCCCCCCCCCCCCCCCCC(=O)OCC#CC[N+]1(C)CCCCC1. The van der Waals surface area contributed by atoms with Gasteiger partial charge in [-0.1, -0.05) is 103 Å². The molecule has 0 aromatic carbocycles. The van der Waals surface area contributed by atoms with E-state index in [9.17, 15) is 4.79 Å². The summed E-state index contributed by atoms with van der Waals surface area (Å²) in [6.07, 6.45) is 24.7. The molecule has 1 saturated heterocycles. The van der Waals surface area contributed by atoms with Crippen LogP contribution in [0.25, 0.3) is 0 Å². The lowest BCUT2D eigenvalue weighted by Gasteiger charge is -2.35. The summed E-state index contributed by atoms with van der Waals surface area (Å²) in [5.74, 6) is 6.17. The monoisotopic (exact) mass is 434 g/mol. The van der Waals surface area contributed by atoms with Gasteiger partial charge in [0.15, 0.2) is 6.61 Å². The van der Waals surface area contributed by atoms with Gasteiger partial charge in [-0.15, -0.1) is 0 Å². The predicted octanol–water partition coefficient (Wildman–Crippen LogP) is 7.43. The highest BCUT2D eigenvalue weighted by Gasteiger charge is 2.22. The Morgan fingerprint density at radius 3 is 1.71 bits per heavy atom. The lowest BCUT2D eigenvalue weighted by Crippen LogP contribution is -2.48. The van der Waals surface area contributed by atoms with Gasteiger partial charge >= 0.3 is 5.97 Å².